The summed E-state index contributed by atoms with van der Waals surface area (Å²) in [4.78, 5) is 11.3. The van der Waals surface area contributed by atoms with E-state index in [1.807, 2.05) is 13.8 Å². The van der Waals surface area contributed by atoms with Crippen molar-refractivity contribution in [1.82, 2.24) is 5.32 Å². The largest absolute Gasteiger partial charge is 0.409 e. The first-order chi connectivity index (χ1) is 7.97. The number of hydrogen-bond donors (Lipinski definition) is 3. The fraction of sp³-hybridized carbons (Fsp3) is 0.800. The number of amidine groups is 1. The van der Waals surface area contributed by atoms with Gasteiger partial charge in [0, 0.05) is 11.8 Å². The van der Waals surface area contributed by atoms with Crippen LogP contribution < -0.4 is 11.1 Å². The van der Waals surface area contributed by atoms with E-state index >= 15 is 0 Å². The van der Waals surface area contributed by atoms with Gasteiger partial charge >= 0.3 is 0 Å². The Kier molecular flexibility index (Phi) is 8.61. The Morgan fingerprint density at radius 1 is 1.53 bits per heavy atom. The van der Waals surface area contributed by atoms with E-state index in [1.54, 1.807) is 6.92 Å². The van der Waals surface area contributed by atoms with Crippen LogP contribution >= 0.6 is 11.8 Å². The third-order valence-electron chi connectivity index (χ3n) is 1.81. The number of nitrogens with two attached hydrogens (primary N) is 1. The molecule has 0 aromatic rings. The molecule has 0 rings (SSSR count). The molecule has 0 bridgehead atoms. The van der Waals surface area contributed by atoms with Crippen LogP contribution in [0.4, 0.5) is 0 Å². The molecule has 4 N–H and O–H groups in total. The summed E-state index contributed by atoms with van der Waals surface area (Å²) in [5, 5.41) is 14.0. The molecule has 0 saturated carbocycles. The van der Waals surface area contributed by atoms with E-state index in [4.69, 9.17) is 15.7 Å². The van der Waals surface area contributed by atoms with Crippen molar-refractivity contribution in [2.45, 2.75) is 32.9 Å². The molecule has 0 aromatic heterocycles. The number of thioether (sulfide) groups is 1. The molecule has 0 fully saturated rings. The van der Waals surface area contributed by atoms with Crippen LogP contribution in [-0.2, 0) is 9.53 Å². The van der Waals surface area contributed by atoms with Crippen molar-refractivity contribution < 1.29 is 14.7 Å². The lowest BCUT2D eigenvalue weighted by Crippen LogP contribution is -2.32. The molecule has 0 heterocycles. The molecule has 0 aliphatic heterocycles. The normalized spacial score (nSPS) is 13.8. The number of nitrogens with zero attached hydrogens (tertiary/aromatic N) is 1. The minimum absolute atomic E-state index is 0.0227. The summed E-state index contributed by atoms with van der Waals surface area (Å²) in [6.45, 7) is 6.00. The first-order valence-electron chi connectivity index (χ1n) is 5.43. The summed E-state index contributed by atoms with van der Waals surface area (Å²) in [7, 11) is 0. The molecule has 0 aliphatic rings. The number of rotatable bonds is 8. The van der Waals surface area contributed by atoms with Crippen molar-refractivity contribution in [3.05, 3.63) is 0 Å². The summed E-state index contributed by atoms with van der Waals surface area (Å²) >= 11 is 1.48. The Hall–Kier alpha value is -0.950. The van der Waals surface area contributed by atoms with Gasteiger partial charge in [0.05, 0.1) is 12.4 Å². The molecule has 100 valence electrons. The zero-order valence-electron chi connectivity index (χ0n) is 10.5. The summed E-state index contributed by atoms with van der Waals surface area (Å²) in [5.41, 5.74) is 5.34. The molecular weight excluding hydrogens is 242 g/mol. The van der Waals surface area contributed by atoms with Crippen LogP contribution in [0.2, 0.25) is 0 Å². The number of hydrogen-bond acceptors (Lipinski definition) is 5. The molecule has 0 aromatic carbocycles. The van der Waals surface area contributed by atoms with Crippen molar-refractivity contribution >= 4 is 23.5 Å². The van der Waals surface area contributed by atoms with Crippen LogP contribution in [-0.4, -0.2) is 47.2 Å². The first-order valence-corrected chi connectivity index (χ1v) is 6.59. The molecule has 1 atom stereocenters. The Morgan fingerprint density at radius 3 is 2.71 bits per heavy atom. The lowest BCUT2D eigenvalue weighted by Gasteiger charge is -2.11. The summed E-state index contributed by atoms with van der Waals surface area (Å²) in [6, 6.07) is 0.167. The van der Waals surface area contributed by atoms with Gasteiger partial charge in [-0.15, -0.1) is 11.8 Å². The van der Waals surface area contributed by atoms with Crippen LogP contribution in [0.15, 0.2) is 5.16 Å². The maximum absolute atomic E-state index is 11.3. The maximum Gasteiger partial charge on any atom is 0.230 e. The van der Waals surface area contributed by atoms with Gasteiger partial charge in [-0.3, -0.25) is 4.79 Å². The predicted octanol–water partition coefficient (Wildman–Crippen LogP) is 0.396. The second kappa shape index (κ2) is 9.12. The smallest absolute Gasteiger partial charge is 0.230 e. The van der Waals surface area contributed by atoms with E-state index < -0.39 is 6.10 Å². The van der Waals surface area contributed by atoms with E-state index in [0.29, 0.717) is 18.1 Å². The highest BCUT2D eigenvalue weighted by Gasteiger charge is 2.07. The molecule has 0 saturated heterocycles. The van der Waals surface area contributed by atoms with Gasteiger partial charge in [0.2, 0.25) is 5.91 Å². The van der Waals surface area contributed by atoms with E-state index in [0.717, 1.165) is 0 Å². The number of ether oxygens (including phenoxy) is 1. The van der Waals surface area contributed by atoms with Crippen LogP contribution in [0.5, 0.6) is 0 Å². The highest BCUT2D eigenvalue weighted by molar-refractivity contribution is 7.99. The summed E-state index contributed by atoms with van der Waals surface area (Å²) in [5.74, 6) is 1.18. The number of carbonyl (C=O) groups is 1. The van der Waals surface area contributed by atoms with Crippen molar-refractivity contribution in [3.63, 3.8) is 0 Å². The summed E-state index contributed by atoms with van der Waals surface area (Å²) in [6.07, 6.45) is -0.412. The molecule has 0 aliphatic carbocycles. The molecule has 1 unspecified atom stereocenters. The van der Waals surface area contributed by atoms with Crippen molar-refractivity contribution in [2.75, 3.05) is 18.1 Å². The third kappa shape index (κ3) is 8.82. The van der Waals surface area contributed by atoms with Gasteiger partial charge in [-0.05, 0) is 20.8 Å². The second-order valence-electron chi connectivity index (χ2n) is 3.81. The average molecular weight is 263 g/mol. The van der Waals surface area contributed by atoms with Crippen molar-refractivity contribution in [1.29, 1.82) is 0 Å². The van der Waals surface area contributed by atoms with Gasteiger partial charge in [0.15, 0.2) is 5.84 Å². The molecule has 0 spiro atoms. The molecule has 0 radical (unpaired) electrons. The lowest BCUT2D eigenvalue weighted by atomic mass is 10.4. The van der Waals surface area contributed by atoms with E-state index in [9.17, 15) is 4.79 Å². The van der Waals surface area contributed by atoms with Crippen LogP contribution in [0.1, 0.15) is 20.8 Å². The topological polar surface area (TPSA) is 96.9 Å². The van der Waals surface area contributed by atoms with Crippen LogP contribution in [0.3, 0.4) is 0 Å². The van der Waals surface area contributed by atoms with Gasteiger partial charge in [-0.1, -0.05) is 5.16 Å². The quantitative estimate of drug-likeness (QED) is 0.194. The number of nitrogens with one attached hydrogen (secondary N) is 1. The van der Waals surface area contributed by atoms with Gasteiger partial charge in [0.1, 0.15) is 6.10 Å². The van der Waals surface area contributed by atoms with E-state index in [2.05, 4.69) is 10.5 Å². The highest BCUT2D eigenvalue weighted by Crippen LogP contribution is 2.01. The fourth-order valence-electron chi connectivity index (χ4n) is 0.979. The van der Waals surface area contributed by atoms with Crippen molar-refractivity contribution in [3.8, 4) is 0 Å². The second-order valence-corrected chi connectivity index (χ2v) is 4.92. The van der Waals surface area contributed by atoms with Gasteiger partial charge in [-0.25, -0.2) is 0 Å². The van der Waals surface area contributed by atoms with Crippen LogP contribution in [0, 0.1) is 0 Å². The van der Waals surface area contributed by atoms with E-state index in [1.165, 1.54) is 11.8 Å². The average Bonchev–Trinajstić information content (AvgIpc) is 2.26. The highest BCUT2D eigenvalue weighted by atomic mass is 32.2. The van der Waals surface area contributed by atoms with Gasteiger partial charge in [0.25, 0.3) is 0 Å². The fourth-order valence-corrected chi connectivity index (χ4v) is 1.61. The third-order valence-corrected chi connectivity index (χ3v) is 2.73. The minimum atomic E-state index is -0.412. The molecular formula is C10H21N3O3S. The standard InChI is InChI=1S/C10H21N3O3S/c1-7(2)12-9(14)6-17-5-4-16-8(3)10(11)13-15/h7-8,15H,4-6H2,1-3H3,(H2,11,13)(H,12,14). The van der Waals surface area contributed by atoms with Crippen molar-refractivity contribution in [2.24, 2.45) is 10.9 Å². The summed E-state index contributed by atoms with van der Waals surface area (Å²) < 4.78 is 5.29. The van der Waals surface area contributed by atoms with E-state index in [-0.39, 0.29) is 17.8 Å². The zero-order valence-corrected chi connectivity index (χ0v) is 11.3. The molecule has 17 heavy (non-hydrogen) atoms. The lowest BCUT2D eigenvalue weighted by molar-refractivity contribution is -0.119. The Labute approximate surface area is 106 Å². The Bertz CT molecular complexity index is 259. The van der Waals surface area contributed by atoms with Gasteiger partial charge < -0.3 is 21.0 Å². The zero-order chi connectivity index (χ0) is 13.3. The SMILES string of the molecule is CC(C)NC(=O)CSCCOC(C)C(N)=NO. The minimum Gasteiger partial charge on any atom is -0.409 e. The molecule has 6 nitrogen and oxygen atoms in total. The Balaban J connectivity index is 3.50. The number of oxime groups is 1. The monoisotopic (exact) mass is 263 g/mol. The van der Waals surface area contributed by atoms with Gasteiger partial charge in [-0.2, -0.15) is 0 Å². The Morgan fingerprint density at radius 2 is 2.18 bits per heavy atom. The molecule has 7 heteroatoms. The number of amides is 1. The number of carbonyl (C=O) groups excluding carboxylic acids is 1. The maximum atomic E-state index is 11.3. The molecule has 1 amide bonds. The first kappa shape index (κ1) is 16.1. The predicted molar refractivity (Wildman–Crippen MR) is 69.4 cm³/mol. The van der Waals surface area contributed by atoms with Crippen LogP contribution in [0.25, 0.3) is 0 Å².